The standard InChI is InChI=1S/C10H4F3IN4/c11-10(12,13)8-3-6(1-2-9(8)14)17-18-7(4-15)5-16/h1-3,17H. The fourth-order valence-electron chi connectivity index (χ4n) is 1.01. The van der Waals surface area contributed by atoms with E-state index in [4.69, 9.17) is 10.5 Å². The highest BCUT2D eigenvalue weighted by molar-refractivity contribution is 14.1. The maximum atomic E-state index is 12.6. The first-order valence-electron chi connectivity index (χ1n) is 4.39. The maximum absolute atomic E-state index is 12.6. The fraction of sp³-hybridized carbons (Fsp3) is 0.100. The topological polar surface area (TPSA) is 72.0 Å². The van der Waals surface area contributed by atoms with Crippen LogP contribution in [0.25, 0.3) is 0 Å². The lowest BCUT2D eigenvalue weighted by Crippen LogP contribution is -2.08. The van der Waals surface area contributed by atoms with Crippen LogP contribution in [-0.2, 0) is 6.18 Å². The third-order valence-electron chi connectivity index (χ3n) is 1.78. The molecule has 92 valence electrons. The Balaban J connectivity index is 3.05. The van der Waals surface area contributed by atoms with Crippen LogP contribution in [0.2, 0.25) is 0 Å². The fourth-order valence-corrected chi connectivity index (χ4v) is 1.65. The van der Waals surface area contributed by atoms with Crippen molar-refractivity contribution in [1.29, 1.82) is 10.5 Å². The number of hydrazone groups is 1. The molecule has 0 aromatic heterocycles. The van der Waals surface area contributed by atoms with Gasteiger partial charge in [0, 0.05) is 3.57 Å². The van der Waals surface area contributed by atoms with Crippen molar-refractivity contribution in [3.8, 4) is 12.1 Å². The van der Waals surface area contributed by atoms with Gasteiger partial charge in [-0.1, -0.05) is 0 Å². The van der Waals surface area contributed by atoms with Crippen LogP contribution in [0.3, 0.4) is 0 Å². The van der Waals surface area contributed by atoms with Crippen molar-refractivity contribution in [1.82, 2.24) is 0 Å². The zero-order chi connectivity index (χ0) is 13.8. The Morgan fingerprint density at radius 3 is 2.39 bits per heavy atom. The number of benzene rings is 1. The van der Waals surface area contributed by atoms with Gasteiger partial charge in [-0.05, 0) is 40.8 Å². The number of nitriles is 2. The number of rotatable bonds is 2. The number of hydrogen-bond donors (Lipinski definition) is 1. The molecule has 0 saturated heterocycles. The minimum atomic E-state index is -4.47. The Hall–Kier alpha value is -1.81. The van der Waals surface area contributed by atoms with E-state index in [0.717, 1.165) is 6.07 Å². The van der Waals surface area contributed by atoms with Crippen molar-refractivity contribution in [3.63, 3.8) is 0 Å². The summed E-state index contributed by atoms with van der Waals surface area (Å²) in [6.07, 6.45) is -4.47. The Bertz CT molecular complexity index is 550. The van der Waals surface area contributed by atoms with Crippen LogP contribution in [0.5, 0.6) is 0 Å². The zero-order valence-electron chi connectivity index (χ0n) is 8.59. The average Bonchev–Trinajstić information content (AvgIpc) is 2.31. The van der Waals surface area contributed by atoms with Gasteiger partial charge < -0.3 is 0 Å². The molecule has 1 aromatic rings. The van der Waals surface area contributed by atoms with Gasteiger partial charge >= 0.3 is 6.18 Å². The first-order chi connectivity index (χ1) is 8.38. The number of nitrogens with zero attached hydrogens (tertiary/aromatic N) is 3. The van der Waals surface area contributed by atoms with Gasteiger partial charge in [0.1, 0.15) is 12.1 Å². The summed E-state index contributed by atoms with van der Waals surface area (Å²) in [7, 11) is 0. The molecule has 18 heavy (non-hydrogen) atoms. The Labute approximate surface area is 114 Å². The quantitative estimate of drug-likeness (QED) is 0.498. The highest BCUT2D eigenvalue weighted by atomic mass is 127. The number of hydrogen-bond acceptors (Lipinski definition) is 4. The van der Waals surface area contributed by atoms with Gasteiger partial charge in [-0.25, -0.2) is 0 Å². The van der Waals surface area contributed by atoms with Crippen molar-refractivity contribution in [3.05, 3.63) is 27.3 Å². The molecule has 8 heteroatoms. The smallest absolute Gasteiger partial charge is 0.276 e. The van der Waals surface area contributed by atoms with Crippen LogP contribution in [0.4, 0.5) is 18.9 Å². The van der Waals surface area contributed by atoms with E-state index in [2.05, 4.69) is 10.5 Å². The summed E-state index contributed by atoms with van der Waals surface area (Å²) in [4.78, 5) is 0. The second-order valence-corrected chi connectivity index (χ2v) is 4.15. The third kappa shape index (κ3) is 3.60. The molecule has 1 N–H and O–H groups in total. The Morgan fingerprint density at radius 1 is 1.28 bits per heavy atom. The summed E-state index contributed by atoms with van der Waals surface area (Å²) in [5, 5.41) is 20.2. The third-order valence-corrected chi connectivity index (χ3v) is 2.72. The van der Waals surface area contributed by atoms with E-state index in [1.54, 1.807) is 22.6 Å². The molecule has 0 radical (unpaired) electrons. The van der Waals surface area contributed by atoms with E-state index in [9.17, 15) is 13.2 Å². The summed E-state index contributed by atoms with van der Waals surface area (Å²) >= 11 is 1.57. The maximum Gasteiger partial charge on any atom is 0.417 e. The summed E-state index contributed by atoms with van der Waals surface area (Å²) in [5.41, 5.74) is 0.996. The van der Waals surface area contributed by atoms with E-state index in [-0.39, 0.29) is 9.26 Å². The van der Waals surface area contributed by atoms with Crippen LogP contribution in [0.15, 0.2) is 23.3 Å². The minimum Gasteiger partial charge on any atom is -0.276 e. The molecular weight excluding hydrogens is 360 g/mol. The van der Waals surface area contributed by atoms with Crippen LogP contribution in [0.1, 0.15) is 5.56 Å². The summed E-state index contributed by atoms with van der Waals surface area (Å²) in [6.45, 7) is 0. The van der Waals surface area contributed by atoms with E-state index in [0.29, 0.717) is 0 Å². The molecule has 0 aliphatic heterocycles. The molecular formula is C10H4F3IN4. The van der Waals surface area contributed by atoms with E-state index < -0.39 is 17.5 Å². The molecule has 0 saturated carbocycles. The first-order valence-corrected chi connectivity index (χ1v) is 5.47. The highest BCUT2D eigenvalue weighted by Crippen LogP contribution is 2.34. The first kappa shape index (κ1) is 14.3. The van der Waals surface area contributed by atoms with Crippen LogP contribution in [-0.4, -0.2) is 5.71 Å². The Kier molecular flexibility index (Phi) is 4.50. The highest BCUT2D eigenvalue weighted by Gasteiger charge is 2.33. The van der Waals surface area contributed by atoms with Gasteiger partial charge in [0.25, 0.3) is 0 Å². The van der Waals surface area contributed by atoms with Crippen molar-refractivity contribution < 1.29 is 13.2 Å². The van der Waals surface area contributed by atoms with Crippen LogP contribution < -0.4 is 5.43 Å². The van der Waals surface area contributed by atoms with Gasteiger partial charge in [0.2, 0.25) is 5.71 Å². The van der Waals surface area contributed by atoms with Crippen LogP contribution in [0, 0.1) is 26.2 Å². The minimum absolute atomic E-state index is 0.0470. The molecule has 0 unspecified atom stereocenters. The molecule has 0 spiro atoms. The van der Waals surface area contributed by atoms with Crippen molar-refractivity contribution >= 4 is 34.0 Å². The van der Waals surface area contributed by atoms with Gasteiger partial charge in [0.05, 0.1) is 11.3 Å². The lowest BCUT2D eigenvalue weighted by molar-refractivity contribution is -0.138. The van der Waals surface area contributed by atoms with Gasteiger partial charge in [0.15, 0.2) is 0 Å². The number of alkyl halides is 3. The van der Waals surface area contributed by atoms with Crippen molar-refractivity contribution in [2.45, 2.75) is 6.18 Å². The number of halogens is 4. The van der Waals surface area contributed by atoms with E-state index >= 15 is 0 Å². The molecule has 1 rings (SSSR count). The molecule has 4 nitrogen and oxygen atoms in total. The SMILES string of the molecule is N#CC(C#N)=NNc1ccc(I)c(C(F)(F)F)c1. The van der Waals surface area contributed by atoms with E-state index in [1.165, 1.54) is 24.3 Å². The van der Waals surface area contributed by atoms with Crippen LogP contribution >= 0.6 is 22.6 Å². The predicted octanol–water partition coefficient (Wildman–Crippen LogP) is 3.13. The molecule has 0 atom stereocenters. The lowest BCUT2D eigenvalue weighted by atomic mass is 10.2. The average molecular weight is 364 g/mol. The predicted molar refractivity (Wildman–Crippen MR) is 66.4 cm³/mol. The molecule has 0 aliphatic rings. The lowest BCUT2D eigenvalue weighted by Gasteiger charge is -2.10. The molecule has 0 heterocycles. The van der Waals surface area contributed by atoms with Crippen molar-refractivity contribution in [2.24, 2.45) is 5.10 Å². The van der Waals surface area contributed by atoms with Gasteiger partial charge in [-0.3, -0.25) is 5.43 Å². The molecule has 0 aliphatic carbocycles. The summed E-state index contributed by atoms with van der Waals surface area (Å²) in [6, 6.07) is 6.45. The van der Waals surface area contributed by atoms with Crippen molar-refractivity contribution in [2.75, 3.05) is 5.43 Å². The van der Waals surface area contributed by atoms with Gasteiger partial charge in [-0.2, -0.15) is 28.8 Å². The summed E-state index contributed by atoms with van der Waals surface area (Å²) in [5.74, 6) is 0. The second-order valence-electron chi connectivity index (χ2n) is 2.99. The number of nitrogens with one attached hydrogen (secondary N) is 1. The molecule has 0 amide bonds. The van der Waals surface area contributed by atoms with E-state index in [1.807, 2.05) is 0 Å². The summed E-state index contributed by atoms with van der Waals surface area (Å²) < 4.78 is 37.8. The largest absolute Gasteiger partial charge is 0.417 e. The normalized spacial score (nSPS) is 10.1. The molecule has 0 bridgehead atoms. The molecule has 0 fully saturated rings. The second kappa shape index (κ2) is 5.69. The Morgan fingerprint density at radius 2 is 1.89 bits per heavy atom. The molecule has 1 aromatic carbocycles. The van der Waals surface area contributed by atoms with Gasteiger partial charge in [-0.15, -0.1) is 0 Å². The number of anilines is 1. The monoisotopic (exact) mass is 364 g/mol. The zero-order valence-corrected chi connectivity index (χ0v) is 10.7.